The number of carbonyl (C=O) groups is 2. The molecule has 2 atom stereocenters. The predicted molar refractivity (Wildman–Crippen MR) is 110 cm³/mol. The van der Waals surface area contributed by atoms with Crippen LogP contribution in [-0.4, -0.2) is 74.0 Å². The fourth-order valence-corrected chi connectivity index (χ4v) is 2.47. The van der Waals surface area contributed by atoms with Crippen molar-refractivity contribution in [3.05, 3.63) is 0 Å². The molecule has 25 heavy (non-hydrogen) atoms. The summed E-state index contributed by atoms with van der Waals surface area (Å²) in [6.45, 7) is 7.91. The molecule has 0 aromatic heterocycles. The van der Waals surface area contributed by atoms with Gasteiger partial charge in [-0.15, -0.1) is 24.0 Å². The van der Waals surface area contributed by atoms with Gasteiger partial charge >= 0.3 is 5.97 Å². The highest BCUT2D eigenvalue weighted by Gasteiger charge is 2.29. The Bertz CT molecular complexity index is 457. The molecule has 1 N–H and O–H groups in total. The first-order chi connectivity index (χ1) is 11.4. The normalized spacial score (nSPS) is 18.8. The van der Waals surface area contributed by atoms with Gasteiger partial charge in [-0.3, -0.25) is 9.59 Å². The summed E-state index contributed by atoms with van der Waals surface area (Å²) in [5, 5.41) is 3.38. The molecule has 0 radical (unpaired) electrons. The lowest BCUT2D eigenvalue weighted by Crippen LogP contribution is -2.50. The average molecular weight is 468 g/mol. The lowest BCUT2D eigenvalue weighted by molar-refractivity contribution is -0.149. The van der Waals surface area contributed by atoms with E-state index >= 15 is 0 Å². The van der Waals surface area contributed by atoms with Gasteiger partial charge in [-0.1, -0.05) is 6.92 Å². The second-order valence-corrected chi connectivity index (χ2v) is 6.42. The zero-order chi connectivity index (χ0) is 18.1. The number of guanidine groups is 1. The number of ether oxygens (including phenoxy) is 1. The predicted octanol–water partition coefficient (Wildman–Crippen LogP) is 1.71. The van der Waals surface area contributed by atoms with Crippen molar-refractivity contribution in [1.29, 1.82) is 0 Å². The number of halogens is 1. The molecule has 146 valence electrons. The van der Waals surface area contributed by atoms with Crippen LogP contribution in [0.5, 0.6) is 0 Å². The number of amides is 1. The summed E-state index contributed by atoms with van der Waals surface area (Å²) in [5.74, 6) is 0.382. The monoisotopic (exact) mass is 468 g/mol. The lowest BCUT2D eigenvalue weighted by Gasteiger charge is -2.35. The quantitative estimate of drug-likeness (QED) is 0.278. The van der Waals surface area contributed by atoms with E-state index < -0.39 is 0 Å². The molecule has 0 saturated carbocycles. The first-order valence-corrected chi connectivity index (χ1v) is 8.81. The minimum atomic E-state index is -0.144. The first-order valence-electron chi connectivity index (χ1n) is 8.81. The molecular weight excluding hydrogens is 435 g/mol. The second kappa shape index (κ2) is 12.3. The molecule has 0 bridgehead atoms. The van der Waals surface area contributed by atoms with E-state index in [9.17, 15) is 9.59 Å². The number of esters is 1. The maximum absolute atomic E-state index is 12.0. The Kier molecular flexibility index (Phi) is 11.8. The summed E-state index contributed by atoms with van der Waals surface area (Å²) in [6.07, 6.45) is 2.70. The summed E-state index contributed by atoms with van der Waals surface area (Å²) < 4.78 is 5.15. The molecule has 0 aromatic rings. The topological polar surface area (TPSA) is 74.2 Å². The molecule has 2 unspecified atom stereocenters. The largest absolute Gasteiger partial charge is 0.466 e. The number of likely N-dealkylation sites (tertiary alicyclic amines) is 1. The molecule has 1 aliphatic rings. The second-order valence-electron chi connectivity index (χ2n) is 6.42. The molecule has 0 aliphatic carbocycles. The number of nitrogens with one attached hydrogen (secondary N) is 1. The maximum Gasteiger partial charge on any atom is 0.310 e. The molecule has 1 aliphatic heterocycles. The van der Waals surface area contributed by atoms with Crippen LogP contribution in [0.25, 0.3) is 0 Å². The van der Waals surface area contributed by atoms with Crippen LogP contribution in [0.2, 0.25) is 0 Å². The van der Waals surface area contributed by atoms with Crippen LogP contribution in [0.15, 0.2) is 4.99 Å². The lowest BCUT2D eigenvalue weighted by atomic mass is 9.98. The maximum atomic E-state index is 12.0. The Hall–Kier alpha value is -1.06. The minimum Gasteiger partial charge on any atom is -0.466 e. The molecule has 1 heterocycles. The van der Waals surface area contributed by atoms with Gasteiger partial charge in [-0.05, 0) is 33.1 Å². The number of nitrogens with zero attached hydrogens (tertiary/aromatic N) is 3. The van der Waals surface area contributed by atoms with Gasteiger partial charge in [0.05, 0.1) is 12.5 Å². The Morgan fingerprint density at radius 3 is 2.60 bits per heavy atom. The summed E-state index contributed by atoms with van der Waals surface area (Å²) in [6, 6.07) is 0.251. The van der Waals surface area contributed by atoms with E-state index in [0.717, 1.165) is 25.8 Å². The number of rotatable bonds is 6. The van der Waals surface area contributed by atoms with E-state index in [1.807, 2.05) is 6.92 Å². The highest BCUT2D eigenvalue weighted by Crippen LogP contribution is 2.18. The third kappa shape index (κ3) is 8.24. The molecular formula is C17H33IN4O3. The van der Waals surface area contributed by atoms with Crippen LogP contribution in [0.3, 0.4) is 0 Å². The summed E-state index contributed by atoms with van der Waals surface area (Å²) in [7, 11) is 3.44. The van der Waals surface area contributed by atoms with E-state index in [-0.39, 0.29) is 54.4 Å². The summed E-state index contributed by atoms with van der Waals surface area (Å²) in [5.41, 5.74) is 0. The summed E-state index contributed by atoms with van der Waals surface area (Å²) in [4.78, 5) is 32.0. The smallest absolute Gasteiger partial charge is 0.310 e. The number of aliphatic imine (C=N–C) groups is 1. The Labute approximate surface area is 168 Å². The highest BCUT2D eigenvalue weighted by atomic mass is 127. The molecule has 7 nitrogen and oxygen atoms in total. The van der Waals surface area contributed by atoms with Crippen molar-refractivity contribution in [3.63, 3.8) is 0 Å². The SMILES string of the molecule is CCOC(=O)C1CCCN(C(=NCC(=O)N(C)C)NC(C)CC)C1.I. The third-order valence-electron chi connectivity index (χ3n) is 4.19. The standard InChI is InChI=1S/C17H32N4O3.HI/c1-6-13(3)19-17(18-11-15(22)20(4)5)21-10-8-9-14(12-21)16(23)24-7-2;/h13-14H,6-12H2,1-5H3,(H,18,19);1H. The van der Waals surface area contributed by atoms with Gasteiger partial charge in [0.2, 0.25) is 5.91 Å². The van der Waals surface area contributed by atoms with E-state index in [1.165, 1.54) is 4.90 Å². The Morgan fingerprint density at radius 1 is 1.36 bits per heavy atom. The fourth-order valence-electron chi connectivity index (χ4n) is 2.47. The Balaban J connectivity index is 0.00000576. The van der Waals surface area contributed by atoms with Crippen LogP contribution < -0.4 is 5.32 Å². The molecule has 1 rings (SSSR count). The van der Waals surface area contributed by atoms with Crippen molar-refractivity contribution in [2.45, 2.75) is 46.1 Å². The zero-order valence-corrected chi connectivity index (χ0v) is 18.4. The number of carbonyl (C=O) groups excluding carboxylic acids is 2. The van der Waals surface area contributed by atoms with Gasteiger partial charge in [0.25, 0.3) is 0 Å². The van der Waals surface area contributed by atoms with Crippen molar-refractivity contribution in [2.24, 2.45) is 10.9 Å². The van der Waals surface area contributed by atoms with E-state index in [0.29, 0.717) is 19.1 Å². The molecule has 8 heteroatoms. The molecule has 0 spiro atoms. The van der Waals surface area contributed by atoms with Crippen molar-refractivity contribution in [2.75, 3.05) is 40.3 Å². The van der Waals surface area contributed by atoms with Crippen LogP contribution in [-0.2, 0) is 14.3 Å². The van der Waals surface area contributed by atoms with Gasteiger partial charge in [0, 0.05) is 33.2 Å². The number of piperidine rings is 1. The van der Waals surface area contributed by atoms with Crippen molar-refractivity contribution < 1.29 is 14.3 Å². The fraction of sp³-hybridized carbons (Fsp3) is 0.824. The van der Waals surface area contributed by atoms with E-state index in [4.69, 9.17) is 4.74 Å². The van der Waals surface area contributed by atoms with E-state index in [1.54, 1.807) is 14.1 Å². The number of hydrogen-bond donors (Lipinski definition) is 1. The van der Waals surface area contributed by atoms with Gasteiger partial charge < -0.3 is 19.9 Å². The first kappa shape index (κ1) is 23.9. The number of hydrogen-bond acceptors (Lipinski definition) is 4. The third-order valence-corrected chi connectivity index (χ3v) is 4.19. The molecule has 1 saturated heterocycles. The van der Waals surface area contributed by atoms with Gasteiger partial charge in [0.1, 0.15) is 6.54 Å². The van der Waals surface area contributed by atoms with E-state index in [2.05, 4.69) is 29.1 Å². The van der Waals surface area contributed by atoms with Crippen LogP contribution in [0, 0.1) is 5.92 Å². The summed E-state index contributed by atoms with van der Waals surface area (Å²) >= 11 is 0. The average Bonchev–Trinajstić information content (AvgIpc) is 2.58. The molecule has 0 aromatic carbocycles. The van der Waals surface area contributed by atoms with Crippen LogP contribution in [0.1, 0.15) is 40.0 Å². The van der Waals surface area contributed by atoms with Crippen molar-refractivity contribution in [1.82, 2.24) is 15.1 Å². The van der Waals surface area contributed by atoms with Crippen molar-refractivity contribution >= 4 is 41.8 Å². The van der Waals surface area contributed by atoms with Gasteiger partial charge in [0.15, 0.2) is 5.96 Å². The Morgan fingerprint density at radius 2 is 2.04 bits per heavy atom. The van der Waals surface area contributed by atoms with Gasteiger partial charge in [-0.25, -0.2) is 4.99 Å². The van der Waals surface area contributed by atoms with Crippen LogP contribution >= 0.6 is 24.0 Å². The molecule has 1 amide bonds. The number of likely N-dealkylation sites (N-methyl/N-ethyl adjacent to an activating group) is 1. The minimum absolute atomic E-state index is 0. The van der Waals surface area contributed by atoms with Gasteiger partial charge in [-0.2, -0.15) is 0 Å². The van der Waals surface area contributed by atoms with Crippen molar-refractivity contribution in [3.8, 4) is 0 Å². The molecule has 1 fully saturated rings. The zero-order valence-electron chi connectivity index (χ0n) is 16.1. The van der Waals surface area contributed by atoms with Crippen LogP contribution in [0.4, 0.5) is 0 Å². The highest BCUT2D eigenvalue weighted by molar-refractivity contribution is 14.0.